The summed E-state index contributed by atoms with van der Waals surface area (Å²) in [5.74, 6) is 0.956. The molecular formula is C25H29N3O2. The number of aromatic nitrogens is 2. The Morgan fingerprint density at radius 1 is 1.07 bits per heavy atom. The number of hydrogen-bond donors (Lipinski definition) is 0. The van der Waals surface area contributed by atoms with Gasteiger partial charge in [-0.1, -0.05) is 56.3 Å². The summed E-state index contributed by atoms with van der Waals surface area (Å²) < 4.78 is 1.56. The number of nitrogens with zero attached hydrogens (tertiary/aromatic N) is 3. The molecule has 3 rings (SSSR count). The zero-order valence-electron chi connectivity index (χ0n) is 18.1. The molecule has 0 aliphatic carbocycles. The lowest BCUT2D eigenvalue weighted by atomic mass is 10.1. The van der Waals surface area contributed by atoms with E-state index in [0.29, 0.717) is 29.2 Å². The van der Waals surface area contributed by atoms with E-state index in [1.54, 1.807) is 28.7 Å². The predicted molar refractivity (Wildman–Crippen MR) is 122 cm³/mol. The molecule has 0 N–H and O–H groups in total. The molecule has 30 heavy (non-hydrogen) atoms. The second kappa shape index (κ2) is 9.53. The third-order valence-corrected chi connectivity index (χ3v) is 5.31. The van der Waals surface area contributed by atoms with Crippen molar-refractivity contribution >= 4 is 22.9 Å². The fourth-order valence-electron chi connectivity index (χ4n) is 3.47. The van der Waals surface area contributed by atoms with E-state index < -0.39 is 0 Å². The molecule has 1 atom stereocenters. The molecule has 0 aliphatic rings. The smallest absolute Gasteiger partial charge is 0.261 e. The molecule has 1 aromatic heterocycles. The lowest BCUT2D eigenvalue weighted by molar-refractivity contribution is -0.128. The third kappa shape index (κ3) is 4.85. The zero-order chi connectivity index (χ0) is 21.7. The van der Waals surface area contributed by atoms with Crippen LogP contribution in [0.3, 0.4) is 0 Å². The van der Waals surface area contributed by atoms with E-state index in [2.05, 4.69) is 13.8 Å². The molecule has 5 nitrogen and oxygen atoms in total. The minimum Gasteiger partial charge on any atom is -0.329 e. The highest BCUT2D eigenvalue weighted by atomic mass is 16.2. The third-order valence-electron chi connectivity index (χ3n) is 5.31. The van der Waals surface area contributed by atoms with Gasteiger partial charge >= 0.3 is 0 Å². The predicted octanol–water partition coefficient (Wildman–Crippen LogP) is 4.58. The van der Waals surface area contributed by atoms with E-state index in [1.807, 2.05) is 61.5 Å². The molecule has 0 aliphatic heterocycles. The van der Waals surface area contributed by atoms with Crippen LogP contribution in [0, 0.1) is 5.92 Å². The molecule has 3 aromatic rings. The Hall–Kier alpha value is -3.21. The molecule has 2 aromatic carbocycles. The average Bonchev–Trinajstić information content (AvgIpc) is 2.75. The van der Waals surface area contributed by atoms with Gasteiger partial charge in [0.15, 0.2) is 0 Å². The summed E-state index contributed by atoms with van der Waals surface area (Å²) in [6.45, 7) is 6.80. The molecule has 1 unspecified atom stereocenters. The van der Waals surface area contributed by atoms with Crippen molar-refractivity contribution in [1.82, 2.24) is 14.5 Å². The van der Waals surface area contributed by atoms with Gasteiger partial charge in [-0.3, -0.25) is 14.2 Å². The van der Waals surface area contributed by atoms with Crippen molar-refractivity contribution < 1.29 is 4.79 Å². The van der Waals surface area contributed by atoms with Crippen LogP contribution < -0.4 is 5.56 Å². The normalized spacial score (nSPS) is 12.6. The van der Waals surface area contributed by atoms with Gasteiger partial charge in [-0.25, -0.2) is 4.98 Å². The minimum atomic E-state index is -0.334. The van der Waals surface area contributed by atoms with Crippen LogP contribution >= 0.6 is 0 Å². The summed E-state index contributed by atoms with van der Waals surface area (Å²) >= 11 is 0. The van der Waals surface area contributed by atoms with Gasteiger partial charge in [0.05, 0.1) is 16.9 Å². The fraction of sp³-hybridized carbons (Fsp3) is 0.320. The van der Waals surface area contributed by atoms with E-state index >= 15 is 0 Å². The molecule has 5 heteroatoms. The molecular weight excluding hydrogens is 374 g/mol. The van der Waals surface area contributed by atoms with Crippen LogP contribution in [0.25, 0.3) is 17.0 Å². The van der Waals surface area contributed by atoms with Crippen LogP contribution in [0.5, 0.6) is 0 Å². The Morgan fingerprint density at radius 3 is 2.43 bits per heavy atom. The monoisotopic (exact) mass is 403 g/mol. The number of para-hydroxylation sites is 1. The number of rotatable bonds is 7. The summed E-state index contributed by atoms with van der Waals surface area (Å²) in [6.07, 6.45) is 4.30. The van der Waals surface area contributed by atoms with Crippen LogP contribution in [-0.4, -0.2) is 26.9 Å². The van der Waals surface area contributed by atoms with Crippen LogP contribution in [0.1, 0.15) is 44.6 Å². The van der Waals surface area contributed by atoms with Gasteiger partial charge in [0.1, 0.15) is 5.82 Å². The Bertz CT molecular complexity index is 1100. The molecule has 0 radical (unpaired) electrons. The van der Waals surface area contributed by atoms with Gasteiger partial charge in [0.2, 0.25) is 5.91 Å². The topological polar surface area (TPSA) is 55.2 Å². The number of benzene rings is 2. The van der Waals surface area contributed by atoms with Crippen LogP contribution in [0.4, 0.5) is 0 Å². The van der Waals surface area contributed by atoms with Gasteiger partial charge in [-0.05, 0) is 43.0 Å². The Labute approximate surface area is 177 Å². The first-order chi connectivity index (χ1) is 14.4. The first kappa shape index (κ1) is 21.5. The van der Waals surface area contributed by atoms with Crippen LogP contribution in [0.15, 0.2) is 65.5 Å². The minimum absolute atomic E-state index is 0.0885. The van der Waals surface area contributed by atoms with E-state index in [-0.39, 0.29) is 17.5 Å². The Morgan fingerprint density at radius 2 is 1.73 bits per heavy atom. The molecule has 0 spiro atoms. The number of amides is 1. The largest absolute Gasteiger partial charge is 0.329 e. The van der Waals surface area contributed by atoms with Crippen molar-refractivity contribution in [3.8, 4) is 0 Å². The standard InChI is InChI=1S/C25H29N3O2/c1-18(2)16-17-28(23(29)15-14-20-10-6-5-7-11-20)19(3)24-26-22-13-9-8-12-21(22)25(30)27(24)4/h5-15,18-19H,16-17H2,1-4H3/b15-14+. The van der Waals surface area contributed by atoms with Crippen molar-refractivity contribution in [3.63, 3.8) is 0 Å². The van der Waals surface area contributed by atoms with Crippen LogP contribution in [-0.2, 0) is 11.8 Å². The highest BCUT2D eigenvalue weighted by Crippen LogP contribution is 2.21. The number of fused-ring (bicyclic) bond motifs is 1. The lowest BCUT2D eigenvalue weighted by Gasteiger charge is -2.29. The van der Waals surface area contributed by atoms with Gasteiger partial charge in [0.25, 0.3) is 5.56 Å². The summed E-state index contributed by atoms with van der Waals surface area (Å²) in [7, 11) is 1.72. The second-order valence-electron chi connectivity index (χ2n) is 7.99. The Balaban J connectivity index is 1.96. The van der Waals surface area contributed by atoms with Crippen molar-refractivity contribution in [3.05, 3.63) is 82.4 Å². The van der Waals surface area contributed by atoms with E-state index in [9.17, 15) is 9.59 Å². The molecule has 0 saturated carbocycles. The maximum atomic E-state index is 13.1. The molecule has 1 heterocycles. The highest BCUT2D eigenvalue weighted by Gasteiger charge is 2.24. The first-order valence-electron chi connectivity index (χ1n) is 10.4. The van der Waals surface area contributed by atoms with E-state index in [1.165, 1.54) is 0 Å². The summed E-state index contributed by atoms with van der Waals surface area (Å²) in [4.78, 5) is 32.5. The second-order valence-corrected chi connectivity index (χ2v) is 7.99. The highest BCUT2D eigenvalue weighted by molar-refractivity contribution is 5.92. The fourth-order valence-corrected chi connectivity index (χ4v) is 3.47. The molecule has 0 bridgehead atoms. The Kier molecular flexibility index (Phi) is 6.83. The summed E-state index contributed by atoms with van der Waals surface area (Å²) in [5, 5.41) is 0.583. The number of carbonyl (C=O) groups excluding carboxylic acids is 1. The van der Waals surface area contributed by atoms with Gasteiger partial charge in [-0.15, -0.1) is 0 Å². The number of hydrogen-bond acceptors (Lipinski definition) is 3. The molecule has 1 amide bonds. The molecule has 156 valence electrons. The van der Waals surface area contributed by atoms with Gasteiger partial charge in [-0.2, -0.15) is 0 Å². The van der Waals surface area contributed by atoms with Gasteiger partial charge < -0.3 is 4.90 Å². The van der Waals surface area contributed by atoms with E-state index in [4.69, 9.17) is 4.98 Å². The van der Waals surface area contributed by atoms with Gasteiger partial charge in [0, 0.05) is 19.7 Å². The lowest BCUT2D eigenvalue weighted by Crippen LogP contribution is -2.37. The average molecular weight is 404 g/mol. The summed E-state index contributed by atoms with van der Waals surface area (Å²) in [5.41, 5.74) is 1.52. The SMILES string of the molecule is CC(C)CCN(C(=O)/C=C/c1ccccc1)C(C)c1nc2ccccc2c(=O)n1C. The van der Waals surface area contributed by atoms with Crippen molar-refractivity contribution in [2.24, 2.45) is 13.0 Å². The van der Waals surface area contributed by atoms with Crippen molar-refractivity contribution in [2.75, 3.05) is 6.54 Å². The molecule has 0 saturated heterocycles. The van der Waals surface area contributed by atoms with Crippen molar-refractivity contribution in [1.29, 1.82) is 0 Å². The summed E-state index contributed by atoms with van der Waals surface area (Å²) in [6, 6.07) is 16.7. The zero-order valence-corrected chi connectivity index (χ0v) is 18.1. The molecule has 0 fully saturated rings. The maximum absolute atomic E-state index is 13.1. The van der Waals surface area contributed by atoms with Crippen LogP contribution in [0.2, 0.25) is 0 Å². The van der Waals surface area contributed by atoms with Crippen molar-refractivity contribution in [2.45, 2.75) is 33.2 Å². The quantitative estimate of drug-likeness (QED) is 0.543. The maximum Gasteiger partial charge on any atom is 0.261 e. The first-order valence-corrected chi connectivity index (χ1v) is 10.4. The van der Waals surface area contributed by atoms with E-state index in [0.717, 1.165) is 12.0 Å². The number of carbonyl (C=O) groups is 1.